The molecule has 1 rings (SSSR count). The normalized spacial score (nSPS) is 12.5. The number of nitrogens with one attached hydrogen (secondary N) is 1. The minimum Gasteiger partial charge on any atom is -0.496 e. The molecular weight excluding hydrogens is 178 g/mol. The minimum atomic E-state index is -0.315. The molecule has 14 heavy (non-hydrogen) atoms. The highest BCUT2D eigenvalue weighted by atomic mass is 16.5. The summed E-state index contributed by atoms with van der Waals surface area (Å²) in [5, 5.41) is 12.2. The van der Waals surface area contributed by atoms with Crippen molar-refractivity contribution in [1.82, 2.24) is 5.32 Å². The second-order valence-corrected chi connectivity index (χ2v) is 3.29. The van der Waals surface area contributed by atoms with E-state index in [1.54, 1.807) is 14.0 Å². The second-order valence-electron chi connectivity index (χ2n) is 3.29. The topological polar surface area (TPSA) is 41.5 Å². The molecule has 0 radical (unpaired) electrons. The summed E-state index contributed by atoms with van der Waals surface area (Å²) in [7, 11) is 1.66. The number of para-hydroxylation sites is 1. The van der Waals surface area contributed by atoms with Crippen LogP contribution in [0.2, 0.25) is 0 Å². The zero-order chi connectivity index (χ0) is 10.4. The Kier molecular flexibility index (Phi) is 4.43. The van der Waals surface area contributed by atoms with Gasteiger partial charge in [0.15, 0.2) is 0 Å². The summed E-state index contributed by atoms with van der Waals surface area (Å²) in [6.45, 7) is 3.07. The molecule has 0 fully saturated rings. The first kappa shape index (κ1) is 11.0. The van der Waals surface area contributed by atoms with Gasteiger partial charge in [0.25, 0.3) is 0 Å². The summed E-state index contributed by atoms with van der Waals surface area (Å²) in [5.41, 5.74) is 1.11. The Morgan fingerprint density at radius 3 is 2.79 bits per heavy atom. The molecule has 0 unspecified atom stereocenters. The molecule has 2 N–H and O–H groups in total. The van der Waals surface area contributed by atoms with Crippen LogP contribution in [-0.2, 0) is 6.54 Å². The molecule has 0 aliphatic heterocycles. The summed E-state index contributed by atoms with van der Waals surface area (Å²) in [4.78, 5) is 0. The smallest absolute Gasteiger partial charge is 0.123 e. The lowest BCUT2D eigenvalue weighted by molar-refractivity contribution is 0.191. The average molecular weight is 195 g/mol. The highest BCUT2D eigenvalue weighted by Gasteiger charge is 2.01. The van der Waals surface area contributed by atoms with Crippen molar-refractivity contribution in [3.8, 4) is 5.75 Å². The van der Waals surface area contributed by atoms with Crippen LogP contribution in [0.1, 0.15) is 12.5 Å². The maximum atomic E-state index is 9.06. The van der Waals surface area contributed by atoms with Crippen LogP contribution in [0.25, 0.3) is 0 Å². The van der Waals surface area contributed by atoms with E-state index in [1.807, 2.05) is 24.3 Å². The summed E-state index contributed by atoms with van der Waals surface area (Å²) >= 11 is 0. The first-order valence-electron chi connectivity index (χ1n) is 4.74. The van der Waals surface area contributed by atoms with E-state index in [-0.39, 0.29) is 6.10 Å². The summed E-state index contributed by atoms with van der Waals surface area (Å²) in [6.07, 6.45) is -0.315. The zero-order valence-electron chi connectivity index (χ0n) is 8.66. The monoisotopic (exact) mass is 195 g/mol. The molecule has 0 amide bonds. The van der Waals surface area contributed by atoms with Crippen LogP contribution < -0.4 is 10.1 Å². The summed E-state index contributed by atoms with van der Waals surface area (Å²) < 4.78 is 5.20. The maximum absolute atomic E-state index is 9.06. The van der Waals surface area contributed by atoms with Gasteiger partial charge in [0.2, 0.25) is 0 Å². The number of hydrogen-bond acceptors (Lipinski definition) is 3. The van der Waals surface area contributed by atoms with Crippen LogP contribution in [0.4, 0.5) is 0 Å². The summed E-state index contributed by atoms with van der Waals surface area (Å²) in [6, 6.07) is 7.85. The van der Waals surface area contributed by atoms with Crippen molar-refractivity contribution < 1.29 is 9.84 Å². The Labute approximate surface area is 84.7 Å². The fourth-order valence-corrected chi connectivity index (χ4v) is 1.26. The number of rotatable bonds is 5. The SMILES string of the molecule is COc1ccccc1CNC[C@@H](C)O. The van der Waals surface area contributed by atoms with Gasteiger partial charge in [-0.1, -0.05) is 18.2 Å². The second kappa shape index (κ2) is 5.62. The Balaban J connectivity index is 2.49. The number of aliphatic hydroxyl groups is 1. The third-order valence-electron chi connectivity index (χ3n) is 1.95. The van der Waals surface area contributed by atoms with Crippen molar-refractivity contribution in [3.63, 3.8) is 0 Å². The number of methoxy groups -OCH3 is 1. The molecular formula is C11H17NO2. The fourth-order valence-electron chi connectivity index (χ4n) is 1.26. The molecule has 3 nitrogen and oxygen atoms in total. The van der Waals surface area contributed by atoms with Gasteiger partial charge in [-0.15, -0.1) is 0 Å². The molecule has 78 valence electrons. The van der Waals surface area contributed by atoms with E-state index >= 15 is 0 Å². The lowest BCUT2D eigenvalue weighted by atomic mass is 10.2. The molecule has 0 aliphatic carbocycles. The molecule has 0 saturated heterocycles. The molecule has 0 aromatic heterocycles. The van der Waals surface area contributed by atoms with Crippen LogP contribution in [0.15, 0.2) is 24.3 Å². The van der Waals surface area contributed by atoms with E-state index in [0.717, 1.165) is 17.9 Å². The molecule has 1 aromatic carbocycles. The van der Waals surface area contributed by atoms with E-state index in [4.69, 9.17) is 9.84 Å². The first-order valence-corrected chi connectivity index (χ1v) is 4.74. The van der Waals surface area contributed by atoms with Crippen LogP contribution >= 0.6 is 0 Å². The predicted octanol–water partition coefficient (Wildman–Crippen LogP) is 1.17. The van der Waals surface area contributed by atoms with E-state index in [9.17, 15) is 0 Å². The number of benzene rings is 1. The van der Waals surface area contributed by atoms with Gasteiger partial charge in [-0.25, -0.2) is 0 Å². The molecule has 0 heterocycles. The molecule has 1 aromatic rings. The van der Waals surface area contributed by atoms with E-state index in [0.29, 0.717) is 6.54 Å². The zero-order valence-corrected chi connectivity index (χ0v) is 8.66. The lowest BCUT2D eigenvalue weighted by Crippen LogP contribution is -2.24. The minimum absolute atomic E-state index is 0.315. The molecule has 3 heteroatoms. The summed E-state index contributed by atoms with van der Waals surface area (Å²) in [5.74, 6) is 0.880. The van der Waals surface area contributed by atoms with Gasteiger partial charge in [0.1, 0.15) is 5.75 Å². The van der Waals surface area contributed by atoms with Crippen molar-refractivity contribution in [2.75, 3.05) is 13.7 Å². The van der Waals surface area contributed by atoms with E-state index < -0.39 is 0 Å². The van der Waals surface area contributed by atoms with Gasteiger partial charge < -0.3 is 15.2 Å². The lowest BCUT2D eigenvalue weighted by Gasteiger charge is -2.10. The fraction of sp³-hybridized carbons (Fsp3) is 0.455. The van der Waals surface area contributed by atoms with Crippen molar-refractivity contribution >= 4 is 0 Å². The Morgan fingerprint density at radius 2 is 2.14 bits per heavy atom. The third kappa shape index (κ3) is 3.36. The van der Waals surface area contributed by atoms with Crippen LogP contribution in [0.5, 0.6) is 5.75 Å². The quantitative estimate of drug-likeness (QED) is 0.741. The Bertz CT molecular complexity index is 274. The Morgan fingerprint density at radius 1 is 1.43 bits per heavy atom. The largest absolute Gasteiger partial charge is 0.496 e. The van der Waals surface area contributed by atoms with E-state index in [2.05, 4.69) is 5.32 Å². The van der Waals surface area contributed by atoms with Crippen molar-refractivity contribution in [1.29, 1.82) is 0 Å². The highest BCUT2D eigenvalue weighted by molar-refractivity contribution is 5.32. The van der Waals surface area contributed by atoms with Crippen molar-refractivity contribution in [2.45, 2.75) is 19.6 Å². The van der Waals surface area contributed by atoms with Gasteiger partial charge in [-0.2, -0.15) is 0 Å². The molecule has 0 bridgehead atoms. The van der Waals surface area contributed by atoms with Gasteiger partial charge >= 0.3 is 0 Å². The average Bonchev–Trinajstić information content (AvgIpc) is 2.18. The predicted molar refractivity (Wildman–Crippen MR) is 56.4 cm³/mol. The highest BCUT2D eigenvalue weighted by Crippen LogP contribution is 2.16. The van der Waals surface area contributed by atoms with Crippen molar-refractivity contribution in [2.24, 2.45) is 0 Å². The standard InChI is InChI=1S/C11H17NO2/c1-9(13)7-12-8-10-5-3-4-6-11(10)14-2/h3-6,9,12-13H,7-8H2,1-2H3/t9-/m1/s1. The Hall–Kier alpha value is -1.06. The van der Waals surface area contributed by atoms with Gasteiger partial charge in [-0.3, -0.25) is 0 Å². The van der Waals surface area contributed by atoms with Crippen LogP contribution in [0.3, 0.4) is 0 Å². The van der Waals surface area contributed by atoms with E-state index in [1.165, 1.54) is 0 Å². The van der Waals surface area contributed by atoms with Crippen LogP contribution in [0, 0.1) is 0 Å². The maximum Gasteiger partial charge on any atom is 0.123 e. The van der Waals surface area contributed by atoms with Gasteiger partial charge in [0, 0.05) is 18.7 Å². The molecule has 0 spiro atoms. The molecule has 0 saturated carbocycles. The third-order valence-corrected chi connectivity index (χ3v) is 1.95. The molecule has 0 aliphatic rings. The number of ether oxygens (including phenoxy) is 1. The molecule has 1 atom stereocenters. The first-order chi connectivity index (χ1) is 6.74. The number of hydrogen-bond donors (Lipinski definition) is 2. The van der Waals surface area contributed by atoms with Gasteiger partial charge in [0.05, 0.1) is 13.2 Å². The van der Waals surface area contributed by atoms with Crippen LogP contribution in [-0.4, -0.2) is 24.9 Å². The van der Waals surface area contributed by atoms with Gasteiger partial charge in [-0.05, 0) is 13.0 Å². The van der Waals surface area contributed by atoms with Crippen molar-refractivity contribution in [3.05, 3.63) is 29.8 Å². The number of aliphatic hydroxyl groups excluding tert-OH is 1.